The summed E-state index contributed by atoms with van der Waals surface area (Å²) in [6.45, 7) is 4.26. The Morgan fingerprint density at radius 2 is 2.25 bits per heavy atom. The van der Waals surface area contributed by atoms with Crippen molar-refractivity contribution in [1.29, 1.82) is 0 Å². The van der Waals surface area contributed by atoms with E-state index in [1.165, 1.54) is 6.07 Å². The maximum Gasteiger partial charge on any atom is 0.242 e. The van der Waals surface area contributed by atoms with Crippen LogP contribution in [-0.2, 0) is 10.0 Å². The molecule has 0 spiro atoms. The van der Waals surface area contributed by atoms with Gasteiger partial charge in [0.05, 0.1) is 5.02 Å². The van der Waals surface area contributed by atoms with Gasteiger partial charge in [-0.05, 0) is 44.1 Å². The van der Waals surface area contributed by atoms with Crippen LogP contribution in [0.2, 0.25) is 5.02 Å². The summed E-state index contributed by atoms with van der Waals surface area (Å²) in [4.78, 5) is 2.02. The highest BCUT2D eigenvalue weighted by Crippen LogP contribution is 2.22. The topological polar surface area (TPSA) is 49.4 Å². The lowest BCUT2D eigenvalue weighted by Gasteiger charge is -2.22. The fraction of sp³-hybridized carbons (Fsp3) is 0.538. The van der Waals surface area contributed by atoms with E-state index in [1.807, 2.05) is 0 Å². The van der Waals surface area contributed by atoms with Crippen molar-refractivity contribution in [3.05, 3.63) is 29.0 Å². The Morgan fingerprint density at radius 1 is 1.50 bits per heavy atom. The van der Waals surface area contributed by atoms with Crippen LogP contribution < -0.4 is 4.72 Å². The van der Waals surface area contributed by atoms with Crippen molar-refractivity contribution in [1.82, 2.24) is 9.62 Å². The Bertz CT molecular complexity index is 580. The van der Waals surface area contributed by atoms with Crippen LogP contribution in [0.3, 0.4) is 0 Å². The first-order valence-electron chi connectivity index (χ1n) is 6.63. The Hall–Kier alpha value is -0.690. The van der Waals surface area contributed by atoms with Crippen LogP contribution >= 0.6 is 11.6 Å². The Morgan fingerprint density at radius 3 is 2.95 bits per heavy atom. The molecular formula is C13H18ClFN2O2S. The second kappa shape index (κ2) is 6.39. The molecule has 4 nitrogen and oxygen atoms in total. The van der Waals surface area contributed by atoms with Gasteiger partial charge in [0.2, 0.25) is 10.0 Å². The average Bonchev–Trinajstić information content (AvgIpc) is 2.86. The highest BCUT2D eigenvalue weighted by atomic mass is 35.5. The van der Waals surface area contributed by atoms with Crippen LogP contribution in [-0.4, -0.2) is 39.0 Å². The standard InChI is InChI=1S/C13H18ClFN2O2S/c1-2-17-7-3-4-11(17)9-16-20(18,19)13-8-10(15)5-6-12(13)14/h5-6,8,11,16H,2-4,7,9H2,1H3/t11-/m1/s1. The van der Waals surface area contributed by atoms with Gasteiger partial charge in [-0.25, -0.2) is 17.5 Å². The fourth-order valence-electron chi connectivity index (χ4n) is 2.51. The zero-order chi connectivity index (χ0) is 14.8. The highest BCUT2D eigenvalue weighted by Gasteiger charge is 2.26. The van der Waals surface area contributed by atoms with Crippen LogP contribution in [0.4, 0.5) is 4.39 Å². The lowest BCUT2D eigenvalue weighted by atomic mass is 10.2. The number of likely N-dealkylation sites (tertiary alicyclic amines) is 1. The van der Waals surface area contributed by atoms with Gasteiger partial charge in [-0.15, -0.1) is 0 Å². The van der Waals surface area contributed by atoms with Crippen molar-refractivity contribution < 1.29 is 12.8 Å². The Labute approximate surface area is 124 Å². The summed E-state index contributed by atoms with van der Waals surface area (Å²) < 4.78 is 40.1. The van der Waals surface area contributed by atoms with Crippen LogP contribution in [0.5, 0.6) is 0 Å². The van der Waals surface area contributed by atoms with Gasteiger partial charge in [-0.1, -0.05) is 18.5 Å². The van der Waals surface area contributed by atoms with E-state index in [0.717, 1.165) is 38.1 Å². The molecule has 1 saturated heterocycles. The molecule has 1 atom stereocenters. The molecule has 1 fully saturated rings. The van der Waals surface area contributed by atoms with Crippen LogP contribution in [0.1, 0.15) is 19.8 Å². The van der Waals surface area contributed by atoms with E-state index in [4.69, 9.17) is 11.6 Å². The van der Waals surface area contributed by atoms with E-state index in [-0.39, 0.29) is 16.0 Å². The van der Waals surface area contributed by atoms with E-state index < -0.39 is 15.8 Å². The first kappa shape index (κ1) is 15.7. The third-order valence-corrected chi connectivity index (χ3v) is 5.50. The second-order valence-corrected chi connectivity index (χ2v) is 6.99. The van der Waals surface area contributed by atoms with Crippen LogP contribution in [0.15, 0.2) is 23.1 Å². The number of nitrogens with zero attached hydrogens (tertiary/aromatic N) is 1. The van der Waals surface area contributed by atoms with Crippen molar-refractivity contribution in [2.24, 2.45) is 0 Å². The molecule has 1 aliphatic rings. The number of hydrogen-bond donors (Lipinski definition) is 1. The second-order valence-electron chi connectivity index (χ2n) is 4.85. The van der Waals surface area contributed by atoms with Crippen molar-refractivity contribution >= 4 is 21.6 Å². The predicted octanol–water partition coefficient (Wildman–Crippen LogP) is 2.24. The molecule has 1 aliphatic heterocycles. The van der Waals surface area contributed by atoms with Crippen LogP contribution in [0, 0.1) is 5.82 Å². The summed E-state index contributed by atoms with van der Waals surface area (Å²) in [6.07, 6.45) is 2.04. The average molecular weight is 321 g/mol. The fourth-order valence-corrected chi connectivity index (χ4v) is 4.09. The molecule has 0 aliphatic carbocycles. The zero-order valence-corrected chi connectivity index (χ0v) is 12.8. The Balaban J connectivity index is 2.09. The number of benzene rings is 1. The smallest absolute Gasteiger partial charge is 0.242 e. The molecule has 0 bridgehead atoms. The van der Waals surface area contributed by atoms with Gasteiger partial charge in [-0.2, -0.15) is 0 Å². The molecule has 1 heterocycles. The van der Waals surface area contributed by atoms with Crippen molar-refractivity contribution in [3.63, 3.8) is 0 Å². The zero-order valence-electron chi connectivity index (χ0n) is 11.3. The highest BCUT2D eigenvalue weighted by molar-refractivity contribution is 7.89. The molecule has 2 rings (SSSR count). The van der Waals surface area contributed by atoms with Crippen LogP contribution in [0.25, 0.3) is 0 Å². The minimum absolute atomic E-state index is 0.0256. The summed E-state index contributed by atoms with van der Waals surface area (Å²) in [5.74, 6) is -0.620. The maximum atomic E-state index is 13.2. The molecule has 1 aromatic rings. The molecule has 0 saturated carbocycles. The Kier molecular flexibility index (Phi) is 5.01. The van der Waals surface area contributed by atoms with Gasteiger partial charge in [0, 0.05) is 12.6 Å². The number of sulfonamides is 1. The predicted molar refractivity (Wildman–Crippen MR) is 76.9 cm³/mol. The van der Waals surface area contributed by atoms with E-state index >= 15 is 0 Å². The lowest BCUT2D eigenvalue weighted by Crippen LogP contribution is -2.40. The SMILES string of the molecule is CCN1CCC[C@@H]1CNS(=O)(=O)c1cc(F)ccc1Cl. The minimum atomic E-state index is -3.78. The molecular weight excluding hydrogens is 303 g/mol. The van der Waals surface area contributed by atoms with E-state index in [2.05, 4.69) is 16.5 Å². The first-order chi connectivity index (χ1) is 9.44. The van der Waals surface area contributed by atoms with Gasteiger partial charge >= 0.3 is 0 Å². The molecule has 0 aromatic heterocycles. The molecule has 1 aromatic carbocycles. The molecule has 7 heteroatoms. The van der Waals surface area contributed by atoms with Crippen molar-refractivity contribution in [2.45, 2.75) is 30.7 Å². The third kappa shape index (κ3) is 3.49. The van der Waals surface area contributed by atoms with Gasteiger partial charge in [0.1, 0.15) is 10.7 Å². The number of hydrogen-bond acceptors (Lipinski definition) is 3. The largest absolute Gasteiger partial charge is 0.299 e. The van der Waals surface area contributed by atoms with E-state index in [0.29, 0.717) is 6.54 Å². The summed E-state index contributed by atoms with van der Waals surface area (Å²) in [5, 5.41) is 0.0256. The molecule has 0 radical (unpaired) electrons. The van der Waals surface area contributed by atoms with Crippen molar-refractivity contribution in [2.75, 3.05) is 19.6 Å². The van der Waals surface area contributed by atoms with E-state index in [1.54, 1.807) is 0 Å². The molecule has 0 amide bonds. The third-order valence-electron chi connectivity index (χ3n) is 3.60. The normalized spacial score (nSPS) is 20.4. The van der Waals surface area contributed by atoms with Gasteiger partial charge < -0.3 is 0 Å². The summed E-state index contributed by atoms with van der Waals surface area (Å²) >= 11 is 5.84. The summed E-state index contributed by atoms with van der Waals surface area (Å²) in [6, 6.07) is 3.52. The summed E-state index contributed by atoms with van der Waals surface area (Å²) in [5.41, 5.74) is 0. The molecule has 20 heavy (non-hydrogen) atoms. The lowest BCUT2D eigenvalue weighted by molar-refractivity contribution is 0.268. The van der Waals surface area contributed by atoms with Crippen molar-refractivity contribution in [3.8, 4) is 0 Å². The monoisotopic (exact) mass is 320 g/mol. The first-order valence-corrected chi connectivity index (χ1v) is 8.49. The van der Waals surface area contributed by atoms with Gasteiger partial charge in [0.15, 0.2) is 0 Å². The molecule has 0 unspecified atom stereocenters. The van der Waals surface area contributed by atoms with Gasteiger partial charge in [0.25, 0.3) is 0 Å². The minimum Gasteiger partial charge on any atom is -0.299 e. The molecule has 112 valence electrons. The maximum absolute atomic E-state index is 13.2. The number of rotatable bonds is 5. The number of halogens is 2. The van der Waals surface area contributed by atoms with E-state index in [9.17, 15) is 12.8 Å². The van der Waals surface area contributed by atoms with Gasteiger partial charge in [-0.3, -0.25) is 4.90 Å². The number of nitrogens with one attached hydrogen (secondary N) is 1. The molecule has 1 N–H and O–H groups in total. The number of likely N-dealkylation sites (N-methyl/N-ethyl adjacent to an activating group) is 1. The quantitative estimate of drug-likeness (QED) is 0.905. The summed E-state index contributed by atoms with van der Waals surface area (Å²) in [7, 11) is -3.78.